The van der Waals surface area contributed by atoms with Gasteiger partial charge in [-0.15, -0.1) is 0 Å². The molecule has 0 fully saturated rings. The van der Waals surface area contributed by atoms with Crippen LogP contribution in [0.15, 0.2) is 55.2 Å². The second kappa shape index (κ2) is 6.05. The normalized spacial score (nSPS) is 16.2. The third kappa shape index (κ3) is 2.87. The number of pyridine rings is 1. The number of hydrogen-bond donors (Lipinski definition) is 0. The van der Waals surface area contributed by atoms with Crippen molar-refractivity contribution >= 4 is 11.6 Å². The summed E-state index contributed by atoms with van der Waals surface area (Å²) in [5, 5.41) is 0. The number of hydrogen-bond acceptors (Lipinski definition) is 4. The molecule has 0 N–H and O–H groups in total. The van der Waals surface area contributed by atoms with E-state index in [0.29, 0.717) is 12.1 Å². The van der Waals surface area contributed by atoms with Crippen LogP contribution in [0.3, 0.4) is 0 Å². The molecule has 0 bridgehead atoms. The molecule has 1 aromatic carbocycles. The van der Waals surface area contributed by atoms with Crippen LogP contribution in [0.1, 0.15) is 22.8 Å². The Morgan fingerprint density at radius 1 is 1.28 bits per heavy atom. The van der Waals surface area contributed by atoms with Gasteiger partial charge in [0.05, 0.1) is 17.8 Å². The Morgan fingerprint density at radius 3 is 2.88 bits per heavy atom. The lowest BCUT2D eigenvalue weighted by Gasteiger charge is -2.33. The van der Waals surface area contributed by atoms with Crippen LogP contribution in [0, 0.1) is 6.92 Å². The molecule has 126 valence electrons. The molecule has 1 atom stereocenters. The van der Waals surface area contributed by atoms with Gasteiger partial charge in [-0.25, -0.2) is 9.97 Å². The number of anilines is 1. The third-order valence-electron chi connectivity index (χ3n) is 4.18. The zero-order valence-electron chi connectivity index (χ0n) is 14.1. The molecule has 0 saturated carbocycles. The van der Waals surface area contributed by atoms with Gasteiger partial charge in [-0.2, -0.15) is 0 Å². The van der Waals surface area contributed by atoms with Crippen molar-refractivity contribution in [3.63, 3.8) is 0 Å². The smallest absolute Gasteiger partial charge is 0.260 e. The number of ether oxygens (including phenoxy) is 1. The quantitative estimate of drug-likeness (QED) is 0.723. The predicted molar refractivity (Wildman–Crippen MR) is 94.3 cm³/mol. The van der Waals surface area contributed by atoms with Crippen molar-refractivity contribution in [3.8, 4) is 11.6 Å². The van der Waals surface area contributed by atoms with Crippen molar-refractivity contribution in [1.82, 2.24) is 14.5 Å². The van der Waals surface area contributed by atoms with Gasteiger partial charge in [0.2, 0.25) is 0 Å². The lowest BCUT2D eigenvalue weighted by molar-refractivity contribution is 0.0960. The van der Waals surface area contributed by atoms with Crippen molar-refractivity contribution < 1.29 is 9.53 Å². The number of carbonyl (C=O) groups is 1. The van der Waals surface area contributed by atoms with E-state index in [9.17, 15) is 4.79 Å². The predicted octanol–water partition coefficient (Wildman–Crippen LogP) is 3.00. The molecular weight excluding hydrogens is 316 g/mol. The van der Waals surface area contributed by atoms with Crippen LogP contribution >= 0.6 is 0 Å². The van der Waals surface area contributed by atoms with E-state index < -0.39 is 0 Å². The number of fused-ring (bicyclic) bond motifs is 1. The first-order valence-electron chi connectivity index (χ1n) is 8.15. The summed E-state index contributed by atoms with van der Waals surface area (Å²) in [7, 11) is 0. The number of imidazole rings is 1. The SMILES string of the molecule is Cc1ccc2c(c1)OC(C)CN2C(=O)c1ccc(-n2ccnc2)nc1. The molecule has 2 aromatic heterocycles. The van der Waals surface area contributed by atoms with E-state index in [2.05, 4.69) is 9.97 Å². The van der Waals surface area contributed by atoms with Crippen LogP contribution in [0.2, 0.25) is 0 Å². The summed E-state index contributed by atoms with van der Waals surface area (Å²) in [6, 6.07) is 9.49. The molecule has 0 radical (unpaired) electrons. The number of nitrogens with zero attached hydrogens (tertiary/aromatic N) is 4. The van der Waals surface area contributed by atoms with Gasteiger partial charge in [-0.1, -0.05) is 6.07 Å². The molecule has 6 nitrogen and oxygen atoms in total. The van der Waals surface area contributed by atoms with Crippen LogP contribution in [-0.4, -0.2) is 33.1 Å². The number of aryl methyl sites for hydroxylation is 1. The lowest BCUT2D eigenvalue weighted by Crippen LogP contribution is -2.42. The van der Waals surface area contributed by atoms with E-state index in [1.807, 2.05) is 44.3 Å². The molecule has 0 saturated heterocycles. The molecule has 3 aromatic rings. The molecule has 3 heterocycles. The fourth-order valence-corrected chi connectivity index (χ4v) is 2.96. The fourth-order valence-electron chi connectivity index (χ4n) is 2.96. The van der Waals surface area contributed by atoms with Crippen molar-refractivity contribution in [1.29, 1.82) is 0 Å². The number of carbonyl (C=O) groups excluding carboxylic acids is 1. The Kier molecular flexibility index (Phi) is 3.72. The number of amides is 1. The number of rotatable bonds is 2. The Balaban J connectivity index is 1.65. The van der Waals surface area contributed by atoms with E-state index in [0.717, 1.165) is 22.8 Å². The zero-order valence-corrected chi connectivity index (χ0v) is 14.1. The molecule has 6 heteroatoms. The minimum Gasteiger partial charge on any atom is -0.487 e. The van der Waals surface area contributed by atoms with Gasteiger partial charge in [-0.05, 0) is 43.7 Å². The molecule has 4 rings (SSSR count). The Labute approximate surface area is 145 Å². The van der Waals surface area contributed by atoms with E-state index in [1.54, 1.807) is 34.3 Å². The third-order valence-corrected chi connectivity index (χ3v) is 4.18. The second-order valence-corrected chi connectivity index (χ2v) is 6.19. The Bertz CT molecular complexity index is 904. The van der Waals surface area contributed by atoms with Crippen LogP contribution in [0.5, 0.6) is 5.75 Å². The first-order chi connectivity index (χ1) is 12.1. The molecule has 1 amide bonds. The van der Waals surface area contributed by atoms with Crippen molar-refractivity contribution in [3.05, 3.63) is 66.4 Å². The molecule has 25 heavy (non-hydrogen) atoms. The molecule has 0 aliphatic carbocycles. The Hall–Kier alpha value is -3.15. The fraction of sp³-hybridized carbons (Fsp3) is 0.211. The largest absolute Gasteiger partial charge is 0.487 e. The zero-order chi connectivity index (χ0) is 17.4. The molecule has 1 aliphatic rings. The summed E-state index contributed by atoms with van der Waals surface area (Å²) in [6.07, 6.45) is 6.72. The van der Waals surface area contributed by atoms with Gasteiger partial charge in [0.15, 0.2) is 0 Å². The average Bonchev–Trinajstić information content (AvgIpc) is 3.15. The standard InChI is InChI=1S/C19H18N4O2/c1-13-3-5-16-17(9-13)25-14(2)11-23(16)19(24)15-4-6-18(21-10-15)22-8-7-20-12-22/h3-10,12,14H,11H2,1-2H3. The minimum absolute atomic E-state index is 0.0589. The summed E-state index contributed by atoms with van der Waals surface area (Å²) >= 11 is 0. The van der Waals surface area contributed by atoms with Crippen LogP contribution < -0.4 is 9.64 Å². The van der Waals surface area contributed by atoms with Crippen molar-refractivity contribution in [2.75, 3.05) is 11.4 Å². The van der Waals surface area contributed by atoms with Gasteiger partial charge in [0, 0.05) is 18.6 Å². The van der Waals surface area contributed by atoms with E-state index in [1.165, 1.54) is 0 Å². The summed E-state index contributed by atoms with van der Waals surface area (Å²) in [6.45, 7) is 4.48. The molecular formula is C19H18N4O2. The maximum absolute atomic E-state index is 13.0. The van der Waals surface area contributed by atoms with Crippen LogP contribution in [0.25, 0.3) is 5.82 Å². The summed E-state index contributed by atoms with van der Waals surface area (Å²) in [4.78, 5) is 23.1. The molecule has 1 unspecified atom stereocenters. The van der Waals surface area contributed by atoms with Crippen LogP contribution in [0.4, 0.5) is 5.69 Å². The highest BCUT2D eigenvalue weighted by molar-refractivity contribution is 6.07. The second-order valence-electron chi connectivity index (χ2n) is 6.19. The van der Waals surface area contributed by atoms with Crippen LogP contribution in [-0.2, 0) is 0 Å². The lowest BCUT2D eigenvalue weighted by atomic mass is 10.1. The topological polar surface area (TPSA) is 60.2 Å². The van der Waals surface area contributed by atoms with Crippen molar-refractivity contribution in [2.24, 2.45) is 0 Å². The highest BCUT2D eigenvalue weighted by atomic mass is 16.5. The van der Waals surface area contributed by atoms with Gasteiger partial charge in [0.1, 0.15) is 24.0 Å². The number of benzene rings is 1. The highest BCUT2D eigenvalue weighted by Gasteiger charge is 2.28. The maximum atomic E-state index is 13.0. The summed E-state index contributed by atoms with van der Waals surface area (Å²) in [5.74, 6) is 1.39. The first kappa shape index (κ1) is 15.4. The molecule has 0 spiro atoms. The van der Waals surface area contributed by atoms with E-state index in [4.69, 9.17) is 4.74 Å². The highest BCUT2D eigenvalue weighted by Crippen LogP contribution is 2.35. The monoisotopic (exact) mass is 334 g/mol. The summed E-state index contributed by atoms with van der Waals surface area (Å²) < 4.78 is 7.67. The summed E-state index contributed by atoms with van der Waals surface area (Å²) in [5.41, 5.74) is 2.45. The Morgan fingerprint density at radius 2 is 2.16 bits per heavy atom. The van der Waals surface area contributed by atoms with E-state index >= 15 is 0 Å². The number of aromatic nitrogens is 3. The average molecular weight is 334 g/mol. The van der Waals surface area contributed by atoms with Gasteiger partial charge >= 0.3 is 0 Å². The van der Waals surface area contributed by atoms with Gasteiger partial charge < -0.3 is 9.64 Å². The van der Waals surface area contributed by atoms with Gasteiger partial charge in [0.25, 0.3) is 5.91 Å². The minimum atomic E-state index is -0.0788. The maximum Gasteiger partial charge on any atom is 0.260 e. The first-order valence-corrected chi connectivity index (χ1v) is 8.15. The van der Waals surface area contributed by atoms with Crippen molar-refractivity contribution in [2.45, 2.75) is 20.0 Å². The van der Waals surface area contributed by atoms with E-state index in [-0.39, 0.29) is 12.0 Å². The molecule has 1 aliphatic heterocycles. The van der Waals surface area contributed by atoms with Gasteiger partial charge in [-0.3, -0.25) is 9.36 Å².